The predicted molar refractivity (Wildman–Crippen MR) is 60.6 cm³/mol. The van der Waals surface area contributed by atoms with Crippen LogP contribution in [0.15, 0.2) is 12.5 Å². The van der Waals surface area contributed by atoms with E-state index in [4.69, 9.17) is 16.7 Å². The number of aryl methyl sites for hydroxylation is 1. The molecule has 0 unspecified atom stereocenters. The molecule has 0 aromatic carbocycles. The first-order chi connectivity index (χ1) is 8.02. The summed E-state index contributed by atoms with van der Waals surface area (Å²) in [4.78, 5) is 18.8. The van der Waals surface area contributed by atoms with Crippen LogP contribution in [-0.4, -0.2) is 30.8 Å². The Kier molecular flexibility index (Phi) is 2.81. The zero-order valence-corrected chi connectivity index (χ0v) is 9.93. The molecule has 0 aliphatic rings. The maximum Gasteiger partial charge on any atom is 0.339 e. The highest BCUT2D eigenvalue weighted by Gasteiger charge is 2.20. The molecule has 0 spiro atoms. The fraction of sp³-hybridized carbons (Fsp3) is 0.200. The van der Waals surface area contributed by atoms with E-state index in [9.17, 15) is 4.79 Å². The van der Waals surface area contributed by atoms with Gasteiger partial charge in [-0.3, -0.25) is 0 Å². The summed E-state index contributed by atoms with van der Waals surface area (Å²) < 4.78 is 1.41. The van der Waals surface area contributed by atoms with Crippen molar-refractivity contribution in [2.75, 3.05) is 0 Å². The highest BCUT2D eigenvalue weighted by molar-refractivity contribution is 6.32. The zero-order chi connectivity index (χ0) is 12.6. The predicted octanol–water partition coefficient (Wildman–Crippen LogP) is 1.63. The molecule has 0 saturated carbocycles. The van der Waals surface area contributed by atoms with Crippen molar-refractivity contribution < 1.29 is 9.90 Å². The number of carboxylic acid groups (broad SMARTS) is 1. The fourth-order valence-electron chi connectivity index (χ4n) is 1.62. The number of hydrogen-bond acceptors (Lipinski definition) is 4. The van der Waals surface area contributed by atoms with Crippen LogP contribution in [0.25, 0.3) is 5.82 Å². The van der Waals surface area contributed by atoms with Crippen molar-refractivity contribution >= 4 is 17.6 Å². The average Bonchev–Trinajstić information content (AvgIpc) is 2.55. The van der Waals surface area contributed by atoms with Gasteiger partial charge in [-0.05, 0) is 13.8 Å². The van der Waals surface area contributed by atoms with E-state index >= 15 is 0 Å². The Balaban J connectivity index is 2.66. The molecule has 0 radical (unpaired) electrons. The molecule has 0 atom stereocenters. The molecule has 6 nitrogen and oxygen atoms in total. The Bertz CT molecular complexity index is 594. The van der Waals surface area contributed by atoms with E-state index in [2.05, 4.69) is 15.1 Å². The number of aromatic carboxylic acids is 1. The lowest BCUT2D eigenvalue weighted by Gasteiger charge is -2.04. The summed E-state index contributed by atoms with van der Waals surface area (Å²) in [7, 11) is 0. The van der Waals surface area contributed by atoms with Crippen LogP contribution in [0.1, 0.15) is 21.7 Å². The van der Waals surface area contributed by atoms with Gasteiger partial charge in [0.2, 0.25) is 0 Å². The van der Waals surface area contributed by atoms with Crippen molar-refractivity contribution in [1.29, 1.82) is 0 Å². The summed E-state index contributed by atoms with van der Waals surface area (Å²) in [6.07, 6.45) is 2.76. The standard InChI is InChI=1S/C10H9ClN4O2/c1-5-8(10(16)17)6(2)15(14-5)9-7(11)3-12-4-13-9/h3-4H,1-2H3,(H,16,17). The van der Waals surface area contributed by atoms with Crippen LogP contribution in [0.2, 0.25) is 5.02 Å². The maximum atomic E-state index is 11.1. The van der Waals surface area contributed by atoms with Crippen molar-refractivity contribution in [2.24, 2.45) is 0 Å². The Hall–Kier alpha value is -1.95. The van der Waals surface area contributed by atoms with Gasteiger partial charge in [0.1, 0.15) is 16.9 Å². The van der Waals surface area contributed by atoms with Crippen LogP contribution in [-0.2, 0) is 0 Å². The van der Waals surface area contributed by atoms with Gasteiger partial charge in [-0.1, -0.05) is 11.6 Å². The summed E-state index contributed by atoms with van der Waals surface area (Å²) in [5, 5.41) is 13.5. The molecule has 2 aromatic rings. The van der Waals surface area contributed by atoms with Crippen molar-refractivity contribution in [1.82, 2.24) is 19.7 Å². The van der Waals surface area contributed by atoms with Crippen molar-refractivity contribution in [3.63, 3.8) is 0 Å². The fourth-order valence-corrected chi connectivity index (χ4v) is 1.81. The Morgan fingerprint density at radius 2 is 2.18 bits per heavy atom. The lowest BCUT2D eigenvalue weighted by atomic mass is 10.2. The second-order valence-electron chi connectivity index (χ2n) is 3.46. The first kappa shape index (κ1) is 11.5. The summed E-state index contributed by atoms with van der Waals surface area (Å²) in [6.45, 7) is 3.28. The van der Waals surface area contributed by atoms with Gasteiger partial charge in [0.25, 0.3) is 0 Å². The van der Waals surface area contributed by atoms with Gasteiger partial charge < -0.3 is 5.11 Å². The third-order valence-corrected chi connectivity index (χ3v) is 2.62. The molecule has 0 aliphatic carbocycles. The van der Waals surface area contributed by atoms with Crippen LogP contribution >= 0.6 is 11.6 Å². The van der Waals surface area contributed by atoms with Crippen LogP contribution in [0.5, 0.6) is 0 Å². The molecular weight excluding hydrogens is 244 g/mol. The van der Waals surface area contributed by atoms with E-state index in [-0.39, 0.29) is 5.56 Å². The van der Waals surface area contributed by atoms with E-state index in [1.807, 2.05) is 0 Å². The lowest BCUT2D eigenvalue weighted by Crippen LogP contribution is -2.05. The molecular formula is C10H9ClN4O2. The van der Waals surface area contributed by atoms with Crippen LogP contribution in [0.4, 0.5) is 0 Å². The van der Waals surface area contributed by atoms with Crippen molar-refractivity contribution in [3.8, 4) is 5.82 Å². The molecule has 2 rings (SSSR count). The van der Waals surface area contributed by atoms with Gasteiger partial charge in [-0.2, -0.15) is 5.10 Å². The van der Waals surface area contributed by atoms with Crippen LogP contribution in [0.3, 0.4) is 0 Å². The third-order valence-electron chi connectivity index (χ3n) is 2.35. The molecule has 0 saturated heterocycles. The van der Waals surface area contributed by atoms with Crippen molar-refractivity contribution in [3.05, 3.63) is 34.5 Å². The van der Waals surface area contributed by atoms with Crippen LogP contribution in [0, 0.1) is 13.8 Å². The number of halogens is 1. The second-order valence-corrected chi connectivity index (χ2v) is 3.86. The van der Waals surface area contributed by atoms with E-state index < -0.39 is 5.97 Å². The zero-order valence-electron chi connectivity index (χ0n) is 9.18. The highest BCUT2D eigenvalue weighted by atomic mass is 35.5. The average molecular weight is 253 g/mol. The van der Waals surface area contributed by atoms with E-state index in [1.165, 1.54) is 17.2 Å². The number of rotatable bonds is 2. The topological polar surface area (TPSA) is 80.9 Å². The Labute approximate surface area is 102 Å². The smallest absolute Gasteiger partial charge is 0.339 e. The molecule has 1 N–H and O–H groups in total. The molecule has 0 fully saturated rings. The summed E-state index contributed by atoms with van der Waals surface area (Å²) in [5.74, 6) is -0.647. The van der Waals surface area contributed by atoms with Gasteiger partial charge >= 0.3 is 5.97 Å². The van der Waals surface area contributed by atoms with Gasteiger partial charge in [0.15, 0.2) is 5.82 Å². The monoisotopic (exact) mass is 252 g/mol. The molecule has 2 heterocycles. The highest BCUT2D eigenvalue weighted by Crippen LogP contribution is 2.21. The SMILES string of the molecule is Cc1nn(-c2ncncc2Cl)c(C)c1C(=O)O. The maximum absolute atomic E-state index is 11.1. The molecule has 0 bridgehead atoms. The van der Waals surface area contributed by atoms with Gasteiger partial charge in [-0.15, -0.1) is 0 Å². The normalized spacial score (nSPS) is 10.5. The molecule has 0 amide bonds. The second kappa shape index (κ2) is 4.14. The minimum absolute atomic E-state index is 0.166. The van der Waals surface area contributed by atoms with E-state index in [0.29, 0.717) is 22.2 Å². The molecule has 0 aliphatic heterocycles. The van der Waals surface area contributed by atoms with E-state index in [0.717, 1.165) is 0 Å². The van der Waals surface area contributed by atoms with Crippen LogP contribution < -0.4 is 0 Å². The Morgan fingerprint density at radius 3 is 2.71 bits per heavy atom. The van der Waals surface area contributed by atoms with Crippen molar-refractivity contribution in [2.45, 2.75) is 13.8 Å². The number of carboxylic acids is 1. The minimum Gasteiger partial charge on any atom is -0.478 e. The summed E-state index contributed by atoms with van der Waals surface area (Å²) in [5.41, 5.74) is 1.07. The molecule has 7 heteroatoms. The quantitative estimate of drug-likeness (QED) is 0.879. The van der Waals surface area contributed by atoms with Gasteiger partial charge in [-0.25, -0.2) is 19.4 Å². The molecule has 17 heavy (non-hydrogen) atoms. The van der Waals surface area contributed by atoms with Gasteiger partial charge in [0.05, 0.1) is 17.6 Å². The first-order valence-corrected chi connectivity index (χ1v) is 5.15. The molecule has 2 aromatic heterocycles. The summed E-state index contributed by atoms with van der Waals surface area (Å²) >= 11 is 5.94. The minimum atomic E-state index is -1.02. The van der Waals surface area contributed by atoms with Gasteiger partial charge in [0, 0.05) is 0 Å². The van der Waals surface area contributed by atoms with E-state index in [1.54, 1.807) is 13.8 Å². The molecule has 88 valence electrons. The largest absolute Gasteiger partial charge is 0.478 e. The first-order valence-electron chi connectivity index (χ1n) is 4.77. The Morgan fingerprint density at radius 1 is 1.47 bits per heavy atom. The number of carbonyl (C=O) groups is 1. The lowest BCUT2D eigenvalue weighted by molar-refractivity contribution is 0.0695. The number of nitrogens with zero attached hydrogens (tertiary/aromatic N) is 4. The number of hydrogen-bond donors (Lipinski definition) is 1. The summed E-state index contributed by atoms with van der Waals surface area (Å²) in [6, 6.07) is 0. The third kappa shape index (κ3) is 1.87. The number of aromatic nitrogens is 4.